The van der Waals surface area contributed by atoms with Gasteiger partial charge >= 0.3 is 6.09 Å². The van der Waals surface area contributed by atoms with E-state index in [9.17, 15) is 9.59 Å². The highest BCUT2D eigenvalue weighted by molar-refractivity contribution is 5.86. The molecule has 4 aliphatic carbocycles. The van der Waals surface area contributed by atoms with Gasteiger partial charge in [-0.3, -0.25) is 4.79 Å². The van der Waals surface area contributed by atoms with Crippen LogP contribution in [0, 0.1) is 17.8 Å². The number of amides is 1. The maximum atomic E-state index is 11.8. The Balaban J connectivity index is 1.89. The van der Waals surface area contributed by atoms with Gasteiger partial charge in [0, 0.05) is 17.4 Å². The van der Waals surface area contributed by atoms with Gasteiger partial charge in [-0.1, -0.05) is 0 Å². The first-order valence-corrected chi connectivity index (χ1v) is 5.63. The fraction of sp³-hybridized carbons (Fsp3) is 0.818. The van der Waals surface area contributed by atoms with Crippen LogP contribution in [0.5, 0.6) is 0 Å². The lowest BCUT2D eigenvalue weighted by Crippen LogP contribution is -2.62. The van der Waals surface area contributed by atoms with E-state index in [4.69, 9.17) is 5.11 Å². The zero-order chi connectivity index (χ0) is 10.6. The predicted molar refractivity (Wildman–Crippen MR) is 52.5 cm³/mol. The van der Waals surface area contributed by atoms with Crippen LogP contribution in [0.4, 0.5) is 4.79 Å². The van der Waals surface area contributed by atoms with Gasteiger partial charge < -0.3 is 10.4 Å². The summed E-state index contributed by atoms with van der Waals surface area (Å²) in [6, 6.07) is 0. The summed E-state index contributed by atoms with van der Waals surface area (Å²) in [6.07, 6.45) is 3.48. The molecule has 4 aliphatic rings. The Morgan fingerprint density at radius 1 is 1.27 bits per heavy atom. The lowest BCUT2D eigenvalue weighted by Gasteiger charge is -2.55. The molecule has 2 unspecified atom stereocenters. The first-order chi connectivity index (χ1) is 7.08. The van der Waals surface area contributed by atoms with E-state index in [0.29, 0.717) is 11.7 Å². The molecule has 2 atom stereocenters. The molecular weight excluding hydrogens is 194 g/mol. The van der Waals surface area contributed by atoms with Crippen molar-refractivity contribution < 1.29 is 14.7 Å². The fourth-order valence-corrected chi connectivity index (χ4v) is 4.13. The van der Waals surface area contributed by atoms with Crippen LogP contribution in [0.2, 0.25) is 0 Å². The first kappa shape index (κ1) is 9.19. The summed E-state index contributed by atoms with van der Waals surface area (Å²) >= 11 is 0. The topological polar surface area (TPSA) is 66.4 Å². The lowest BCUT2D eigenvalue weighted by molar-refractivity contribution is -0.142. The molecule has 4 nitrogen and oxygen atoms in total. The van der Waals surface area contributed by atoms with Gasteiger partial charge in [-0.15, -0.1) is 0 Å². The second-order valence-electron chi connectivity index (χ2n) is 5.46. The molecule has 4 heteroatoms. The molecule has 0 aromatic heterocycles. The molecule has 0 spiro atoms. The third-order valence-corrected chi connectivity index (χ3v) is 4.37. The van der Waals surface area contributed by atoms with Crippen molar-refractivity contribution in [2.75, 3.05) is 0 Å². The van der Waals surface area contributed by atoms with Crippen LogP contribution >= 0.6 is 0 Å². The summed E-state index contributed by atoms with van der Waals surface area (Å²) in [4.78, 5) is 22.6. The average Bonchev–Trinajstić information content (AvgIpc) is 2.10. The van der Waals surface area contributed by atoms with Crippen LogP contribution in [0.15, 0.2) is 0 Å². The summed E-state index contributed by atoms with van der Waals surface area (Å²) < 4.78 is 0. The smallest absolute Gasteiger partial charge is 0.405 e. The number of hydrogen-bond acceptors (Lipinski definition) is 2. The number of Topliss-reactive ketones (excluding diaryl/α,β-unsaturated/α-hetero) is 1. The summed E-state index contributed by atoms with van der Waals surface area (Å²) in [5.74, 6) is 1.26. The minimum absolute atomic E-state index is 0.142. The normalized spacial score (nSPS) is 46.9. The van der Waals surface area contributed by atoms with E-state index in [-0.39, 0.29) is 17.4 Å². The number of rotatable bonds is 1. The maximum absolute atomic E-state index is 11.8. The Bertz CT molecular complexity index is 321. The molecule has 4 saturated carbocycles. The molecule has 4 fully saturated rings. The molecule has 15 heavy (non-hydrogen) atoms. The number of nitrogens with one attached hydrogen (secondary N) is 1. The number of hydrogen-bond donors (Lipinski definition) is 2. The Kier molecular flexibility index (Phi) is 1.68. The highest BCUT2D eigenvalue weighted by Crippen LogP contribution is 2.53. The highest BCUT2D eigenvalue weighted by atomic mass is 16.4. The van der Waals surface area contributed by atoms with Gasteiger partial charge in [0.25, 0.3) is 0 Å². The molecule has 82 valence electrons. The monoisotopic (exact) mass is 209 g/mol. The van der Waals surface area contributed by atoms with Gasteiger partial charge in [-0.25, -0.2) is 4.79 Å². The molecule has 1 amide bonds. The summed E-state index contributed by atoms with van der Waals surface area (Å²) in [5, 5.41) is 11.5. The number of carbonyl (C=O) groups is 2. The molecule has 0 heterocycles. The largest absolute Gasteiger partial charge is 0.465 e. The molecule has 0 aliphatic heterocycles. The Morgan fingerprint density at radius 3 is 2.40 bits per heavy atom. The standard InChI is InChI=1S/C11H15NO3/c13-9-7-1-6-2-8(9)5-11(3-6,4-7)12-10(14)15/h6-8,12H,1-5H2,(H,14,15). The molecular formula is C11H15NO3. The number of carbonyl (C=O) groups excluding carboxylic acids is 1. The lowest BCUT2D eigenvalue weighted by atomic mass is 9.52. The summed E-state index contributed by atoms with van der Waals surface area (Å²) in [5.41, 5.74) is -0.268. The maximum Gasteiger partial charge on any atom is 0.405 e. The third-order valence-electron chi connectivity index (χ3n) is 4.37. The van der Waals surface area contributed by atoms with Gasteiger partial charge in [-0.05, 0) is 38.0 Å². The minimum Gasteiger partial charge on any atom is -0.465 e. The van der Waals surface area contributed by atoms with E-state index in [1.807, 2.05) is 0 Å². The fourth-order valence-electron chi connectivity index (χ4n) is 4.13. The molecule has 4 bridgehead atoms. The molecule has 0 aromatic rings. The van der Waals surface area contributed by atoms with Gasteiger partial charge in [0.05, 0.1) is 0 Å². The van der Waals surface area contributed by atoms with E-state index in [1.54, 1.807) is 0 Å². The summed E-state index contributed by atoms with van der Waals surface area (Å²) in [6.45, 7) is 0. The van der Waals surface area contributed by atoms with E-state index < -0.39 is 6.09 Å². The van der Waals surface area contributed by atoms with Crippen LogP contribution < -0.4 is 5.32 Å². The Hall–Kier alpha value is -1.06. The van der Waals surface area contributed by atoms with Crippen molar-refractivity contribution in [3.8, 4) is 0 Å². The Morgan fingerprint density at radius 2 is 1.87 bits per heavy atom. The second kappa shape index (κ2) is 2.74. The van der Waals surface area contributed by atoms with Crippen molar-refractivity contribution in [3.63, 3.8) is 0 Å². The quantitative estimate of drug-likeness (QED) is 0.686. The van der Waals surface area contributed by atoms with Crippen molar-refractivity contribution >= 4 is 11.9 Å². The van der Waals surface area contributed by atoms with Gasteiger partial charge in [0.2, 0.25) is 0 Å². The van der Waals surface area contributed by atoms with Gasteiger partial charge in [-0.2, -0.15) is 0 Å². The van der Waals surface area contributed by atoms with E-state index in [0.717, 1.165) is 32.1 Å². The molecule has 0 radical (unpaired) electrons. The van der Waals surface area contributed by atoms with Crippen molar-refractivity contribution in [3.05, 3.63) is 0 Å². The van der Waals surface area contributed by atoms with Crippen LogP contribution in [0.1, 0.15) is 32.1 Å². The van der Waals surface area contributed by atoms with Gasteiger partial charge in [0.15, 0.2) is 0 Å². The van der Waals surface area contributed by atoms with E-state index in [1.165, 1.54) is 0 Å². The number of carboxylic acid groups (broad SMARTS) is 1. The van der Waals surface area contributed by atoms with Crippen LogP contribution in [0.25, 0.3) is 0 Å². The molecule has 2 N–H and O–H groups in total. The zero-order valence-corrected chi connectivity index (χ0v) is 8.53. The predicted octanol–water partition coefficient (Wildman–Crippen LogP) is 1.40. The third kappa shape index (κ3) is 1.27. The highest BCUT2D eigenvalue weighted by Gasteiger charge is 2.55. The molecule has 4 rings (SSSR count). The second-order valence-corrected chi connectivity index (χ2v) is 5.46. The van der Waals surface area contributed by atoms with Crippen molar-refractivity contribution in [1.82, 2.24) is 5.32 Å². The summed E-state index contributed by atoms with van der Waals surface area (Å²) in [7, 11) is 0. The van der Waals surface area contributed by atoms with Crippen molar-refractivity contribution in [2.45, 2.75) is 37.6 Å². The van der Waals surface area contributed by atoms with Gasteiger partial charge in [0.1, 0.15) is 5.78 Å². The van der Waals surface area contributed by atoms with E-state index >= 15 is 0 Å². The van der Waals surface area contributed by atoms with Crippen LogP contribution in [-0.2, 0) is 4.79 Å². The first-order valence-electron chi connectivity index (χ1n) is 5.63. The Labute approximate surface area is 88.0 Å². The van der Waals surface area contributed by atoms with Crippen LogP contribution in [-0.4, -0.2) is 22.5 Å². The molecule has 0 aromatic carbocycles. The average molecular weight is 209 g/mol. The van der Waals surface area contributed by atoms with Crippen molar-refractivity contribution in [2.24, 2.45) is 17.8 Å². The van der Waals surface area contributed by atoms with Crippen molar-refractivity contribution in [1.29, 1.82) is 0 Å². The number of ketones is 1. The SMILES string of the molecule is O=C(O)NC12CC3CC(C1)C(=O)C(C3)C2. The van der Waals surface area contributed by atoms with Crippen LogP contribution in [0.3, 0.4) is 0 Å². The minimum atomic E-state index is -0.940. The van der Waals surface area contributed by atoms with E-state index in [2.05, 4.69) is 5.32 Å². The zero-order valence-electron chi connectivity index (χ0n) is 8.53. The molecule has 0 saturated heterocycles.